The number of benzene rings is 2. The highest BCUT2D eigenvalue weighted by molar-refractivity contribution is 7.99. The fraction of sp³-hybridized carbons (Fsp3) is 0.0909. The van der Waals surface area contributed by atoms with Gasteiger partial charge in [0.2, 0.25) is 5.91 Å². The van der Waals surface area contributed by atoms with Gasteiger partial charge in [-0.3, -0.25) is 14.3 Å². The van der Waals surface area contributed by atoms with Crippen molar-refractivity contribution in [3.8, 4) is 22.8 Å². The normalized spacial score (nSPS) is 10.8. The van der Waals surface area contributed by atoms with Crippen LogP contribution in [-0.4, -0.2) is 36.5 Å². The zero-order valence-electron chi connectivity index (χ0n) is 16.5. The van der Waals surface area contributed by atoms with Crippen LogP contribution < -0.4 is 5.32 Å². The van der Waals surface area contributed by atoms with Crippen LogP contribution in [0.1, 0.15) is 5.56 Å². The summed E-state index contributed by atoms with van der Waals surface area (Å²) in [5.74, 6) is 0.711. The largest absolute Gasteiger partial charge is 0.508 e. The van der Waals surface area contributed by atoms with Crippen molar-refractivity contribution >= 4 is 35.0 Å². The number of aromatic nitrogens is 4. The molecule has 0 atom stereocenters. The van der Waals surface area contributed by atoms with E-state index in [1.54, 1.807) is 24.5 Å². The highest BCUT2D eigenvalue weighted by atomic mass is 35.5. The summed E-state index contributed by atoms with van der Waals surface area (Å²) in [5.41, 5.74) is 3.18. The maximum atomic E-state index is 12.4. The second-order valence-corrected chi connectivity index (χ2v) is 7.99. The van der Waals surface area contributed by atoms with Gasteiger partial charge in [0.25, 0.3) is 0 Å². The van der Waals surface area contributed by atoms with Crippen LogP contribution in [0.5, 0.6) is 5.75 Å². The monoisotopic (exact) mass is 451 g/mol. The predicted octanol–water partition coefficient (Wildman–Crippen LogP) is 4.73. The molecule has 0 saturated heterocycles. The third-order valence-corrected chi connectivity index (χ3v) is 5.87. The van der Waals surface area contributed by atoms with E-state index < -0.39 is 0 Å². The molecule has 0 fully saturated rings. The number of carbonyl (C=O) groups excluding carboxylic acids is 1. The van der Waals surface area contributed by atoms with E-state index in [-0.39, 0.29) is 17.4 Å². The average Bonchev–Trinajstić information content (AvgIpc) is 3.20. The highest BCUT2D eigenvalue weighted by Crippen LogP contribution is 2.31. The lowest BCUT2D eigenvalue weighted by molar-refractivity contribution is -0.113. The summed E-state index contributed by atoms with van der Waals surface area (Å²) < 4.78 is 1.90. The van der Waals surface area contributed by atoms with Gasteiger partial charge in [0.1, 0.15) is 5.75 Å². The molecule has 0 spiro atoms. The molecule has 2 heterocycles. The maximum absolute atomic E-state index is 12.4. The van der Waals surface area contributed by atoms with Crippen LogP contribution in [0.4, 0.5) is 5.69 Å². The number of carbonyl (C=O) groups is 1. The van der Waals surface area contributed by atoms with Gasteiger partial charge in [0.15, 0.2) is 11.0 Å². The van der Waals surface area contributed by atoms with Crippen LogP contribution in [-0.2, 0) is 4.79 Å². The molecule has 31 heavy (non-hydrogen) atoms. The van der Waals surface area contributed by atoms with Crippen LogP contribution in [0.2, 0.25) is 5.02 Å². The summed E-state index contributed by atoms with van der Waals surface area (Å²) in [6.45, 7) is 1.93. The molecule has 2 aromatic carbocycles. The van der Waals surface area contributed by atoms with Crippen molar-refractivity contribution in [1.29, 1.82) is 0 Å². The molecule has 0 aliphatic carbocycles. The van der Waals surface area contributed by atoms with Crippen molar-refractivity contribution in [2.45, 2.75) is 12.1 Å². The Balaban J connectivity index is 1.63. The Morgan fingerprint density at radius 1 is 1.10 bits per heavy atom. The number of aromatic hydroxyl groups is 1. The number of thioether (sulfide) groups is 1. The molecule has 2 aromatic heterocycles. The SMILES string of the molecule is Cc1c(Cl)cccc1-n1c(SCC(=O)Nc2ccc(O)cc2)nnc1-c1ccncc1. The minimum Gasteiger partial charge on any atom is -0.508 e. The van der Waals surface area contributed by atoms with Crippen molar-refractivity contribution in [2.75, 3.05) is 11.1 Å². The predicted molar refractivity (Wildman–Crippen MR) is 122 cm³/mol. The van der Waals surface area contributed by atoms with Crippen LogP contribution >= 0.6 is 23.4 Å². The number of rotatable bonds is 6. The Morgan fingerprint density at radius 3 is 2.58 bits per heavy atom. The number of hydrogen-bond acceptors (Lipinski definition) is 6. The number of nitrogens with zero attached hydrogens (tertiary/aromatic N) is 4. The number of hydrogen-bond donors (Lipinski definition) is 2. The number of halogens is 1. The molecule has 0 radical (unpaired) electrons. The zero-order chi connectivity index (χ0) is 21.8. The standard InChI is InChI=1S/C22H18ClN5O2S/c1-14-18(23)3-2-4-19(14)28-21(15-9-11-24-12-10-15)26-27-22(28)31-13-20(30)25-16-5-7-17(29)8-6-16/h2-12,29H,13H2,1H3,(H,25,30). The van der Waals surface area contributed by atoms with E-state index in [2.05, 4.69) is 20.5 Å². The van der Waals surface area contributed by atoms with Gasteiger partial charge in [0.05, 0.1) is 11.4 Å². The number of amides is 1. The van der Waals surface area contributed by atoms with Crippen molar-refractivity contribution in [3.63, 3.8) is 0 Å². The van der Waals surface area contributed by atoms with Crippen LogP contribution in [0, 0.1) is 6.92 Å². The molecular weight excluding hydrogens is 434 g/mol. The first kappa shape index (κ1) is 20.9. The quantitative estimate of drug-likeness (QED) is 0.325. The van der Waals surface area contributed by atoms with Gasteiger partial charge in [-0.1, -0.05) is 29.4 Å². The third kappa shape index (κ3) is 4.70. The van der Waals surface area contributed by atoms with E-state index in [9.17, 15) is 9.90 Å². The van der Waals surface area contributed by atoms with Crippen molar-refractivity contribution < 1.29 is 9.90 Å². The Labute approximate surface area is 188 Å². The van der Waals surface area contributed by atoms with Gasteiger partial charge in [-0.15, -0.1) is 10.2 Å². The molecule has 0 bridgehead atoms. The molecule has 7 nitrogen and oxygen atoms in total. The number of nitrogens with one attached hydrogen (secondary N) is 1. The molecule has 156 valence electrons. The van der Waals surface area contributed by atoms with Crippen molar-refractivity contribution in [3.05, 3.63) is 77.6 Å². The van der Waals surface area contributed by atoms with E-state index in [1.807, 2.05) is 41.8 Å². The molecule has 0 saturated carbocycles. The fourth-order valence-corrected chi connectivity index (χ4v) is 3.89. The minimum absolute atomic E-state index is 0.134. The zero-order valence-corrected chi connectivity index (χ0v) is 18.1. The van der Waals surface area contributed by atoms with Gasteiger partial charge in [-0.2, -0.15) is 0 Å². The first-order valence-corrected chi connectivity index (χ1v) is 10.7. The number of pyridine rings is 1. The summed E-state index contributed by atoms with van der Waals surface area (Å²) in [6.07, 6.45) is 3.38. The molecular formula is C22H18ClN5O2S. The first-order chi connectivity index (χ1) is 15.0. The van der Waals surface area contributed by atoms with E-state index >= 15 is 0 Å². The maximum Gasteiger partial charge on any atom is 0.234 e. The number of phenolic OH excluding ortho intramolecular Hbond substituents is 1. The van der Waals surface area contributed by atoms with E-state index in [4.69, 9.17) is 11.6 Å². The Bertz CT molecular complexity index is 1210. The topological polar surface area (TPSA) is 92.9 Å². The Morgan fingerprint density at radius 2 is 1.84 bits per heavy atom. The summed E-state index contributed by atoms with van der Waals surface area (Å²) in [6, 6.07) is 15.6. The van der Waals surface area contributed by atoms with Gasteiger partial charge >= 0.3 is 0 Å². The number of phenols is 1. The molecule has 0 aliphatic rings. The molecule has 2 N–H and O–H groups in total. The van der Waals surface area contributed by atoms with E-state index in [0.717, 1.165) is 16.8 Å². The molecule has 0 unspecified atom stereocenters. The smallest absolute Gasteiger partial charge is 0.234 e. The third-order valence-electron chi connectivity index (χ3n) is 4.54. The molecule has 9 heteroatoms. The van der Waals surface area contributed by atoms with E-state index in [0.29, 0.717) is 21.7 Å². The van der Waals surface area contributed by atoms with Crippen molar-refractivity contribution in [2.24, 2.45) is 0 Å². The molecule has 4 rings (SSSR count). The summed E-state index contributed by atoms with van der Waals surface area (Å²) >= 11 is 7.63. The van der Waals surface area contributed by atoms with Gasteiger partial charge < -0.3 is 10.4 Å². The van der Waals surface area contributed by atoms with Gasteiger partial charge in [-0.05, 0) is 61.0 Å². The molecule has 4 aromatic rings. The highest BCUT2D eigenvalue weighted by Gasteiger charge is 2.19. The van der Waals surface area contributed by atoms with Crippen LogP contribution in [0.3, 0.4) is 0 Å². The van der Waals surface area contributed by atoms with E-state index in [1.165, 1.54) is 23.9 Å². The minimum atomic E-state index is -0.196. The van der Waals surface area contributed by atoms with Gasteiger partial charge in [0, 0.05) is 28.7 Å². The Hall–Kier alpha value is -3.36. The second kappa shape index (κ2) is 9.20. The van der Waals surface area contributed by atoms with Gasteiger partial charge in [-0.25, -0.2) is 0 Å². The second-order valence-electron chi connectivity index (χ2n) is 6.65. The van der Waals surface area contributed by atoms with Crippen molar-refractivity contribution in [1.82, 2.24) is 19.7 Å². The Kier molecular flexibility index (Phi) is 6.20. The van der Waals surface area contributed by atoms with Crippen LogP contribution in [0.15, 0.2) is 72.1 Å². The summed E-state index contributed by atoms with van der Waals surface area (Å²) in [7, 11) is 0. The first-order valence-electron chi connectivity index (χ1n) is 9.36. The molecule has 0 aliphatic heterocycles. The summed E-state index contributed by atoms with van der Waals surface area (Å²) in [4.78, 5) is 16.5. The lowest BCUT2D eigenvalue weighted by Gasteiger charge is -2.14. The van der Waals surface area contributed by atoms with Crippen LogP contribution in [0.25, 0.3) is 17.1 Å². The summed E-state index contributed by atoms with van der Waals surface area (Å²) in [5, 5.41) is 22.1. The molecule has 1 amide bonds. The lowest BCUT2D eigenvalue weighted by atomic mass is 10.2. The fourth-order valence-electron chi connectivity index (χ4n) is 2.98. The number of anilines is 1. The average molecular weight is 452 g/mol. The lowest BCUT2D eigenvalue weighted by Crippen LogP contribution is -2.14.